The van der Waals surface area contributed by atoms with Gasteiger partial charge in [-0.15, -0.1) is 0 Å². The van der Waals surface area contributed by atoms with Gasteiger partial charge >= 0.3 is 0 Å². The molecular weight excluding hydrogens is 343 g/mol. The van der Waals surface area contributed by atoms with Gasteiger partial charge in [0.25, 0.3) is 0 Å². The van der Waals surface area contributed by atoms with Crippen molar-refractivity contribution in [3.05, 3.63) is 93.5 Å². The van der Waals surface area contributed by atoms with E-state index in [2.05, 4.69) is 0 Å². The molecule has 0 aliphatic carbocycles. The molecule has 1 heterocycles. The summed E-state index contributed by atoms with van der Waals surface area (Å²) < 4.78 is 6.20. The van der Waals surface area contributed by atoms with Gasteiger partial charge in [-0.25, -0.2) is 0 Å². The van der Waals surface area contributed by atoms with Crippen LogP contribution in [-0.2, 0) is 0 Å². The highest BCUT2D eigenvalue weighted by molar-refractivity contribution is 6.36. The fraction of sp³-hybridized carbons (Fsp3) is 0.100. The Morgan fingerprint density at radius 1 is 0.833 bits per heavy atom. The molecule has 0 bridgehead atoms. The van der Waals surface area contributed by atoms with Crippen LogP contribution in [-0.4, -0.2) is 5.11 Å². The molecule has 0 spiro atoms. The topological polar surface area (TPSA) is 29.5 Å². The van der Waals surface area contributed by atoms with Gasteiger partial charge in [0.2, 0.25) is 0 Å². The van der Waals surface area contributed by atoms with Gasteiger partial charge in [-0.3, -0.25) is 0 Å². The summed E-state index contributed by atoms with van der Waals surface area (Å²) in [7, 11) is 0. The number of hydrogen-bond acceptors (Lipinski definition) is 2. The van der Waals surface area contributed by atoms with Gasteiger partial charge in [-0.1, -0.05) is 83.9 Å². The van der Waals surface area contributed by atoms with Gasteiger partial charge in [-0.2, -0.15) is 0 Å². The first-order chi connectivity index (χ1) is 11.7. The molecule has 2 nitrogen and oxygen atoms in total. The summed E-state index contributed by atoms with van der Waals surface area (Å²) >= 11 is 12.7. The minimum absolute atomic E-state index is 0.0290. The number of phenolic OH excluding ortho intramolecular Hbond substituents is 1. The minimum atomic E-state index is -0.250. The molecule has 120 valence electrons. The van der Waals surface area contributed by atoms with Gasteiger partial charge in [0.1, 0.15) is 17.6 Å². The first-order valence-electron chi connectivity index (χ1n) is 7.64. The molecule has 2 unspecified atom stereocenters. The quantitative estimate of drug-likeness (QED) is 0.613. The third-order valence-electron chi connectivity index (χ3n) is 4.33. The van der Waals surface area contributed by atoms with E-state index in [1.54, 1.807) is 0 Å². The van der Waals surface area contributed by atoms with E-state index >= 15 is 0 Å². The molecule has 0 amide bonds. The summed E-state index contributed by atoms with van der Waals surface area (Å²) in [5.41, 5.74) is 2.84. The van der Waals surface area contributed by atoms with E-state index < -0.39 is 0 Å². The summed E-state index contributed by atoms with van der Waals surface area (Å²) in [6, 6.07) is 21.4. The molecule has 4 rings (SSSR count). The van der Waals surface area contributed by atoms with E-state index in [-0.39, 0.29) is 17.8 Å². The molecule has 2 atom stereocenters. The molecule has 0 radical (unpaired) electrons. The molecule has 24 heavy (non-hydrogen) atoms. The highest BCUT2D eigenvalue weighted by Crippen LogP contribution is 2.56. The van der Waals surface area contributed by atoms with Crippen LogP contribution in [0.25, 0.3) is 0 Å². The van der Waals surface area contributed by atoms with E-state index in [4.69, 9.17) is 27.9 Å². The second-order valence-electron chi connectivity index (χ2n) is 5.77. The van der Waals surface area contributed by atoms with Crippen molar-refractivity contribution in [2.75, 3.05) is 0 Å². The number of fused-ring (bicyclic) bond motifs is 1. The number of aromatic hydroxyl groups is 1. The third kappa shape index (κ3) is 2.43. The molecule has 0 saturated heterocycles. The second-order valence-corrected chi connectivity index (χ2v) is 6.56. The molecule has 1 N–H and O–H groups in total. The average molecular weight is 357 g/mol. The Morgan fingerprint density at radius 3 is 2.04 bits per heavy atom. The molecule has 3 aromatic carbocycles. The highest BCUT2D eigenvalue weighted by atomic mass is 35.5. The Labute approximate surface area is 150 Å². The number of rotatable bonds is 2. The lowest BCUT2D eigenvalue weighted by atomic mass is 9.85. The van der Waals surface area contributed by atoms with Gasteiger partial charge < -0.3 is 9.84 Å². The van der Waals surface area contributed by atoms with Crippen molar-refractivity contribution >= 4 is 23.2 Å². The van der Waals surface area contributed by atoms with Crippen LogP contribution in [0.1, 0.15) is 28.7 Å². The molecule has 1 aliphatic heterocycles. The predicted octanol–water partition coefficient (Wildman–Crippen LogP) is 5.96. The number of ether oxygens (including phenoxy) is 1. The SMILES string of the molecule is Oc1cc(Cl)c2c(c1Cl)C(c1ccccc1)C(c1ccccc1)O2. The fourth-order valence-electron chi connectivity index (χ4n) is 3.26. The van der Waals surface area contributed by atoms with Crippen LogP contribution >= 0.6 is 23.2 Å². The zero-order chi connectivity index (χ0) is 16.7. The maximum Gasteiger partial charge on any atom is 0.144 e. The number of benzene rings is 3. The van der Waals surface area contributed by atoms with E-state index in [0.717, 1.165) is 16.7 Å². The molecule has 0 saturated carbocycles. The van der Waals surface area contributed by atoms with E-state index in [1.807, 2.05) is 60.7 Å². The summed E-state index contributed by atoms with van der Waals surface area (Å²) in [5.74, 6) is 0.376. The van der Waals surface area contributed by atoms with Crippen molar-refractivity contribution < 1.29 is 9.84 Å². The Hall–Kier alpha value is -2.16. The predicted molar refractivity (Wildman–Crippen MR) is 96.2 cm³/mol. The van der Waals surface area contributed by atoms with Crippen LogP contribution in [0.2, 0.25) is 10.0 Å². The lowest BCUT2D eigenvalue weighted by Gasteiger charge is -2.20. The standard InChI is InChI=1S/C20H14Cl2O2/c21-14-11-15(23)18(22)17-16(12-7-3-1-4-8-12)19(24-20(14)17)13-9-5-2-6-10-13/h1-11,16,19,23H. The van der Waals surface area contributed by atoms with Crippen molar-refractivity contribution in [2.45, 2.75) is 12.0 Å². The minimum Gasteiger partial charge on any atom is -0.506 e. The van der Waals surface area contributed by atoms with Crippen molar-refractivity contribution in [1.82, 2.24) is 0 Å². The zero-order valence-electron chi connectivity index (χ0n) is 12.6. The van der Waals surface area contributed by atoms with Crippen LogP contribution in [0.3, 0.4) is 0 Å². The maximum atomic E-state index is 10.1. The lowest BCUT2D eigenvalue weighted by molar-refractivity contribution is 0.222. The molecule has 0 aromatic heterocycles. The first-order valence-corrected chi connectivity index (χ1v) is 8.40. The third-order valence-corrected chi connectivity index (χ3v) is 5.01. The van der Waals surface area contributed by atoms with E-state index in [1.165, 1.54) is 6.07 Å². The Kier molecular flexibility index (Phi) is 3.87. The molecule has 1 aliphatic rings. The van der Waals surface area contributed by atoms with E-state index in [9.17, 15) is 5.11 Å². The maximum absolute atomic E-state index is 10.1. The van der Waals surface area contributed by atoms with Gasteiger partial charge in [0.15, 0.2) is 0 Å². The molecule has 3 aromatic rings. The number of halogens is 2. The van der Waals surface area contributed by atoms with Crippen molar-refractivity contribution in [2.24, 2.45) is 0 Å². The van der Waals surface area contributed by atoms with Gasteiger partial charge in [0.05, 0.1) is 16.0 Å². The summed E-state index contributed by atoms with van der Waals surface area (Å²) in [4.78, 5) is 0. The lowest BCUT2D eigenvalue weighted by Crippen LogP contribution is -2.11. The summed E-state index contributed by atoms with van der Waals surface area (Å²) in [5, 5.41) is 10.8. The summed E-state index contributed by atoms with van der Waals surface area (Å²) in [6.45, 7) is 0. The second kappa shape index (κ2) is 6.04. The average Bonchev–Trinajstić information content (AvgIpc) is 3.02. The molecule has 0 fully saturated rings. The van der Waals surface area contributed by atoms with Crippen molar-refractivity contribution in [1.29, 1.82) is 0 Å². The van der Waals surface area contributed by atoms with Crippen molar-refractivity contribution in [3.8, 4) is 11.5 Å². The van der Waals surface area contributed by atoms with Crippen LogP contribution in [0, 0.1) is 0 Å². The van der Waals surface area contributed by atoms with Crippen LogP contribution in [0.15, 0.2) is 66.7 Å². The highest BCUT2D eigenvalue weighted by Gasteiger charge is 2.40. The van der Waals surface area contributed by atoms with Crippen LogP contribution < -0.4 is 4.74 Å². The van der Waals surface area contributed by atoms with Crippen LogP contribution in [0.4, 0.5) is 0 Å². The Bertz CT molecular complexity index is 879. The summed E-state index contributed by atoms with van der Waals surface area (Å²) in [6.07, 6.45) is -0.250. The monoisotopic (exact) mass is 356 g/mol. The fourth-order valence-corrected chi connectivity index (χ4v) is 3.77. The van der Waals surface area contributed by atoms with Gasteiger partial charge in [0, 0.05) is 11.6 Å². The molecule has 4 heteroatoms. The zero-order valence-corrected chi connectivity index (χ0v) is 14.1. The van der Waals surface area contributed by atoms with E-state index in [0.29, 0.717) is 15.8 Å². The smallest absolute Gasteiger partial charge is 0.144 e. The van der Waals surface area contributed by atoms with Gasteiger partial charge in [-0.05, 0) is 11.1 Å². The normalized spacial score (nSPS) is 18.9. The molecular formula is C20H14Cl2O2. The largest absolute Gasteiger partial charge is 0.506 e. The first kappa shape index (κ1) is 15.4. The van der Waals surface area contributed by atoms with Crippen molar-refractivity contribution in [3.63, 3.8) is 0 Å². The number of phenols is 1. The number of hydrogen-bond donors (Lipinski definition) is 1. The Morgan fingerprint density at radius 2 is 1.42 bits per heavy atom. The van der Waals surface area contributed by atoms with Crippen LogP contribution in [0.5, 0.6) is 11.5 Å². The Balaban J connectivity index is 1.95.